The van der Waals surface area contributed by atoms with Gasteiger partial charge in [-0.3, -0.25) is 4.68 Å². The molecule has 0 spiro atoms. The smallest absolute Gasteiger partial charge is 0.225 e. The molecule has 0 amide bonds. The molecule has 1 N–H and O–H groups in total. The maximum Gasteiger partial charge on any atom is 0.225 e. The highest BCUT2D eigenvalue weighted by atomic mass is 15.3. The van der Waals surface area contributed by atoms with E-state index in [1.165, 1.54) is 0 Å². The van der Waals surface area contributed by atoms with Crippen molar-refractivity contribution < 1.29 is 0 Å². The van der Waals surface area contributed by atoms with E-state index in [-0.39, 0.29) is 6.04 Å². The minimum Gasteiger partial charge on any atom is -0.365 e. The fourth-order valence-corrected chi connectivity index (χ4v) is 3.06. The normalized spacial score (nSPS) is 16.5. The van der Waals surface area contributed by atoms with E-state index in [9.17, 15) is 0 Å². The molecule has 1 aliphatic rings. The molecular formula is C18H18N8. The molecule has 0 aliphatic carbocycles. The summed E-state index contributed by atoms with van der Waals surface area (Å²) >= 11 is 0. The zero-order valence-corrected chi connectivity index (χ0v) is 14.4. The van der Waals surface area contributed by atoms with Crippen LogP contribution in [0, 0.1) is 11.3 Å². The molecule has 1 aliphatic heterocycles. The summed E-state index contributed by atoms with van der Waals surface area (Å²) in [6.45, 7) is 1.65. The van der Waals surface area contributed by atoms with Gasteiger partial charge in [0, 0.05) is 50.3 Å². The largest absolute Gasteiger partial charge is 0.365 e. The van der Waals surface area contributed by atoms with Crippen LogP contribution >= 0.6 is 0 Å². The fourth-order valence-electron chi connectivity index (χ4n) is 3.06. The lowest BCUT2D eigenvalue weighted by molar-refractivity contribution is 0.768. The third-order valence-corrected chi connectivity index (χ3v) is 4.36. The van der Waals surface area contributed by atoms with Crippen molar-refractivity contribution in [3.8, 4) is 17.3 Å². The fraction of sp³-hybridized carbons (Fsp3) is 0.278. The summed E-state index contributed by atoms with van der Waals surface area (Å²) < 4.78 is 1.76. The minimum atomic E-state index is 0.238. The van der Waals surface area contributed by atoms with Gasteiger partial charge in [-0.05, 0) is 24.6 Å². The first kappa shape index (κ1) is 16.0. The highest BCUT2D eigenvalue weighted by Gasteiger charge is 2.25. The lowest BCUT2D eigenvalue weighted by atomic mass is 10.2. The second-order valence-electron chi connectivity index (χ2n) is 6.26. The molecular weight excluding hydrogens is 328 g/mol. The van der Waals surface area contributed by atoms with Crippen molar-refractivity contribution in [3.63, 3.8) is 0 Å². The molecule has 130 valence electrons. The van der Waals surface area contributed by atoms with Crippen LogP contribution in [0.4, 0.5) is 11.8 Å². The van der Waals surface area contributed by atoms with Gasteiger partial charge in [0.25, 0.3) is 0 Å². The number of hydrogen-bond acceptors (Lipinski definition) is 7. The lowest BCUT2D eigenvalue weighted by Gasteiger charge is -2.17. The highest BCUT2D eigenvalue weighted by molar-refractivity contribution is 5.58. The molecule has 4 rings (SSSR count). The number of aromatic nitrogens is 5. The van der Waals surface area contributed by atoms with Crippen molar-refractivity contribution in [1.29, 1.82) is 5.26 Å². The van der Waals surface area contributed by atoms with Crippen LogP contribution in [0.15, 0.2) is 43.0 Å². The van der Waals surface area contributed by atoms with E-state index in [1.54, 1.807) is 35.4 Å². The Kier molecular flexibility index (Phi) is 4.19. The number of nitrogens with one attached hydrogen (secondary N) is 1. The van der Waals surface area contributed by atoms with E-state index in [4.69, 9.17) is 5.26 Å². The zero-order valence-electron chi connectivity index (χ0n) is 14.4. The summed E-state index contributed by atoms with van der Waals surface area (Å²) in [6, 6.07) is 7.73. The van der Waals surface area contributed by atoms with Crippen molar-refractivity contribution in [2.45, 2.75) is 12.5 Å². The number of nitriles is 1. The molecule has 0 radical (unpaired) electrons. The predicted octanol–water partition coefficient (Wildman–Crippen LogP) is 1.83. The van der Waals surface area contributed by atoms with Crippen molar-refractivity contribution in [2.75, 3.05) is 23.3 Å². The van der Waals surface area contributed by atoms with Crippen LogP contribution in [0.2, 0.25) is 0 Å². The summed E-state index contributed by atoms with van der Waals surface area (Å²) in [6.07, 6.45) is 8.12. The van der Waals surface area contributed by atoms with Gasteiger partial charge in [-0.15, -0.1) is 0 Å². The average Bonchev–Trinajstić information content (AvgIpc) is 3.31. The number of nitrogens with zero attached hydrogens (tertiary/aromatic N) is 7. The van der Waals surface area contributed by atoms with Crippen LogP contribution in [0.1, 0.15) is 12.0 Å². The second kappa shape index (κ2) is 6.80. The van der Waals surface area contributed by atoms with Gasteiger partial charge >= 0.3 is 0 Å². The first-order valence-corrected chi connectivity index (χ1v) is 8.41. The topological polar surface area (TPSA) is 95.6 Å². The zero-order chi connectivity index (χ0) is 17.9. The predicted molar refractivity (Wildman–Crippen MR) is 97.4 cm³/mol. The summed E-state index contributed by atoms with van der Waals surface area (Å²) in [4.78, 5) is 15.5. The highest BCUT2D eigenvalue weighted by Crippen LogP contribution is 2.22. The van der Waals surface area contributed by atoms with E-state index >= 15 is 0 Å². The van der Waals surface area contributed by atoms with Gasteiger partial charge in [-0.2, -0.15) is 10.4 Å². The van der Waals surface area contributed by atoms with Gasteiger partial charge in [0.15, 0.2) is 0 Å². The third-order valence-electron chi connectivity index (χ3n) is 4.36. The summed E-state index contributed by atoms with van der Waals surface area (Å²) in [7, 11) is 1.89. The molecule has 1 unspecified atom stereocenters. The average molecular weight is 346 g/mol. The van der Waals surface area contributed by atoms with Crippen LogP contribution < -0.4 is 10.2 Å². The van der Waals surface area contributed by atoms with Crippen LogP contribution in [0.25, 0.3) is 11.3 Å². The van der Waals surface area contributed by atoms with Gasteiger partial charge in [-0.25, -0.2) is 15.0 Å². The number of aryl methyl sites for hydroxylation is 1. The van der Waals surface area contributed by atoms with Crippen molar-refractivity contribution in [1.82, 2.24) is 24.7 Å². The van der Waals surface area contributed by atoms with Crippen molar-refractivity contribution in [2.24, 2.45) is 7.05 Å². The molecule has 3 aromatic rings. The standard InChI is InChI=1S/C18H18N8/c1-25-11-14(10-22-25)16-3-6-21-18(24-16)26-7-4-15(12-26)23-17-8-13(9-19)2-5-20-17/h2-3,5-6,8,10-11,15H,4,7,12H2,1H3,(H,20,23). The molecule has 0 aromatic carbocycles. The molecule has 1 atom stereocenters. The number of pyridine rings is 1. The molecule has 1 fully saturated rings. The van der Waals surface area contributed by atoms with Crippen LogP contribution in [-0.2, 0) is 7.05 Å². The Morgan fingerprint density at radius 3 is 2.96 bits per heavy atom. The van der Waals surface area contributed by atoms with E-state index < -0.39 is 0 Å². The van der Waals surface area contributed by atoms with Crippen LogP contribution in [-0.4, -0.2) is 43.9 Å². The van der Waals surface area contributed by atoms with Crippen LogP contribution in [0.5, 0.6) is 0 Å². The van der Waals surface area contributed by atoms with Gasteiger partial charge < -0.3 is 10.2 Å². The molecule has 1 saturated heterocycles. The van der Waals surface area contributed by atoms with Gasteiger partial charge in [0.1, 0.15) is 5.82 Å². The SMILES string of the molecule is Cn1cc(-c2ccnc(N3CCC(Nc4cc(C#N)ccn4)C3)n2)cn1. The molecule has 26 heavy (non-hydrogen) atoms. The monoisotopic (exact) mass is 346 g/mol. The maximum atomic E-state index is 9.00. The maximum absolute atomic E-state index is 9.00. The van der Waals surface area contributed by atoms with E-state index in [2.05, 4.69) is 36.3 Å². The number of rotatable bonds is 4. The molecule has 3 aromatic heterocycles. The quantitative estimate of drug-likeness (QED) is 0.770. The van der Waals surface area contributed by atoms with E-state index in [1.807, 2.05) is 19.3 Å². The molecule has 0 saturated carbocycles. The lowest BCUT2D eigenvalue weighted by Crippen LogP contribution is -2.27. The summed E-state index contributed by atoms with van der Waals surface area (Å²) in [5, 5.41) is 16.6. The molecule has 0 bridgehead atoms. The molecule has 4 heterocycles. The Balaban J connectivity index is 1.46. The van der Waals surface area contributed by atoms with Gasteiger partial charge in [-0.1, -0.05) is 0 Å². The summed E-state index contributed by atoms with van der Waals surface area (Å²) in [5.74, 6) is 1.44. The Hall–Kier alpha value is -3.47. The van der Waals surface area contributed by atoms with Crippen LogP contribution in [0.3, 0.4) is 0 Å². The Morgan fingerprint density at radius 2 is 2.15 bits per heavy atom. The Labute approximate surface area is 151 Å². The van der Waals surface area contributed by atoms with E-state index in [0.29, 0.717) is 5.56 Å². The Bertz CT molecular complexity index is 958. The second-order valence-corrected chi connectivity index (χ2v) is 6.26. The van der Waals surface area contributed by atoms with Crippen molar-refractivity contribution in [3.05, 3.63) is 48.5 Å². The summed E-state index contributed by atoms with van der Waals surface area (Å²) in [5.41, 5.74) is 2.44. The minimum absolute atomic E-state index is 0.238. The number of anilines is 2. The molecule has 8 nitrogen and oxygen atoms in total. The third kappa shape index (κ3) is 3.32. The van der Waals surface area contributed by atoms with Crippen molar-refractivity contribution >= 4 is 11.8 Å². The first-order valence-electron chi connectivity index (χ1n) is 8.41. The Morgan fingerprint density at radius 1 is 1.27 bits per heavy atom. The van der Waals surface area contributed by atoms with Gasteiger partial charge in [0.2, 0.25) is 5.95 Å². The van der Waals surface area contributed by atoms with E-state index in [0.717, 1.165) is 42.5 Å². The first-order chi connectivity index (χ1) is 12.7. The number of hydrogen-bond donors (Lipinski definition) is 1. The molecule has 8 heteroatoms. The van der Waals surface area contributed by atoms with Gasteiger partial charge in [0.05, 0.1) is 23.5 Å².